The third-order valence-electron chi connectivity index (χ3n) is 2.25. The standard InChI is InChI=1S/C13H10FN3O3/c14-9-3-1-2-4-10(9)17-12(18)8-20-13(19)11-7-15-5-6-16-11/h1-7H,8H2,(H,17,18). The summed E-state index contributed by atoms with van der Waals surface area (Å²) in [6.45, 7) is -0.538. The molecule has 1 N–H and O–H groups in total. The lowest BCUT2D eigenvalue weighted by atomic mass is 10.3. The van der Waals surface area contributed by atoms with Crippen LogP contribution in [-0.2, 0) is 9.53 Å². The van der Waals surface area contributed by atoms with Crippen molar-refractivity contribution >= 4 is 17.6 Å². The molecule has 0 radical (unpaired) electrons. The zero-order valence-electron chi connectivity index (χ0n) is 10.2. The van der Waals surface area contributed by atoms with E-state index in [9.17, 15) is 14.0 Å². The molecule has 2 aromatic rings. The third kappa shape index (κ3) is 3.58. The number of rotatable bonds is 4. The second kappa shape index (κ2) is 6.37. The van der Waals surface area contributed by atoms with E-state index >= 15 is 0 Å². The molecule has 0 saturated heterocycles. The van der Waals surface area contributed by atoms with Gasteiger partial charge >= 0.3 is 5.97 Å². The third-order valence-corrected chi connectivity index (χ3v) is 2.25. The van der Waals surface area contributed by atoms with Crippen LogP contribution in [0.1, 0.15) is 10.5 Å². The molecule has 7 heteroatoms. The van der Waals surface area contributed by atoms with Crippen molar-refractivity contribution in [1.82, 2.24) is 9.97 Å². The van der Waals surface area contributed by atoms with Crippen molar-refractivity contribution in [3.05, 3.63) is 54.4 Å². The molecule has 1 amide bonds. The topological polar surface area (TPSA) is 81.2 Å². The van der Waals surface area contributed by atoms with Crippen molar-refractivity contribution in [3.63, 3.8) is 0 Å². The van der Waals surface area contributed by atoms with Crippen molar-refractivity contribution < 1.29 is 18.7 Å². The molecule has 0 aliphatic rings. The molecule has 102 valence electrons. The number of nitrogens with zero attached hydrogens (tertiary/aromatic N) is 2. The lowest BCUT2D eigenvalue weighted by molar-refractivity contribution is -0.119. The molecule has 0 fully saturated rings. The number of nitrogens with one attached hydrogen (secondary N) is 1. The van der Waals surface area contributed by atoms with Crippen LogP contribution >= 0.6 is 0 Å². The number of esters is 1. The Bertz CT molecular complexity index is 619. The molecule has 6 nitrogen and oxygen atoms in total. The average molecular weight is 275 g/mol. The molecule has 0 unspecified atom stereocenters. The van der Waals surface area contributed by atoms with Gasteiger partial charge in [0.15, 0.2) is 12.3 Å². The fraction of sp³-hybridized carbons (Fsp3) is 0.0769. The van der Waals surface area contributed by atoms with Gasteiger partial charge in [-0.1, -0.05) is 12.1 Å². The Kier molecular flexibility index (Phi) is 4.33. The smallest absolute Gasteiger partial charge is 0.359 e. The first-order chi connectivity index (χ1) is 9.66. The molecule has 0 atom stereocenters. The molecule has 0 saturated carbocycles. The minimum atomic E-state index is -0.776. The predicted molar refractivity (Wildman–Crippen MR) is 67.3 cm³/mol. The summed E-state index contributed by atoms with van der Waals surface area (Å²) in [6, 6.07) is 5.68. The van der Waals surface area contributed by atoms with Gasteiger partial charge in [0, 0.05) is 12.4 Å². The van der Waals surface area contributed by atoms with Crippen molar-refractivity contribution in [3.8, 4) is 0 Å². The number of amides is 1. The monoisotopic (exact) mass is 275 g/mol. The zero-order valence-corrected chi connectivity index (χ0v) is 10.2. The summed E-state index contributed by atoms with van der Waals surface area (Å²) >= 11 is 0. The number of hydrogen-bond acceptors (Lipinski definition) is 5. The van der Waals surface area contributed by atoms with Gasteiger partial charge in [-0.05, 0) is 12.1 Å². The summed E-state index contributed by atoms with van der Waals surface area (Å²) in [5.74, 6) is -1.99. The maximum atomic E-state index is 13.3. The fourth-order valence-corrected chi connectivity index (χ4v) is 1.36. The van der Waals surface area contributed by atoms with E-state index in [1.165, 1.54) is 36.8 Å². The number of carbonyl (C=O) groups excluding carboxylic acids is 2. The van der Waals surface area contributed by atoms with E-state index in [1.54, 1.807) is 6.07 Å². The maximum Gasteiger partial charge on any atom is 0.359 e. The molecule has 0 spiro atoms. The largest absolute Gasteiger partial charge is 0.451 e. The Morgan fingerprint density at radius 3 is 2.75 bits per heavy atom. The number of para-hydroxylation sites is 1. The fourth-order valence-electron chi connectivity index (χ4n) is 1.36. The van der Waals surface area contributed by atoms with Crippen LogP contribution in [0.3, 0.4) is 0 Å². The van der Waals surface area contributed by atoms with Gasteiger partial charge in [-0.3, -0.25) is 9.78 Å². The van der Waals surface area contributed by atoms with Gasteiger partial charge in [0.2, 0.25) is 0 Å². The highest BCUT2D eigenvalue weighted by Crippen LogP contribution is 2.11. The Morgan fingerprint density at radius 2 is 2.05 bits per heavy atom. The van der Waals surface area contributed by atoms with Crippen LogP contribution in [0, 0.1) is 5.82 Å². The summed E-state index contributed by atoms with van der Waals surface area (Å²) in [7, 11) is 0. The van der Waals surface area contributed by atoms with Crippen LogP contribution in [0.25, 0.3) is 0 Å². The Morgan fingerprint density at radius 1 is 1.25 bits per heavy atom. The number of anilines is 1. The number of carbonyl (C=O) groups is 2. The summed E-state index contributed by atoms with van der Waals surface area (Å²) in [6.07, 6.45) is 3.95. The molecule has 20 heavy (non-hydrogen) atoms. The second-order valence-corrected chi connectivity index (χ2v) is 3.69. The Labute approximate surface area is 113 Å². The lowest BCUT2D eigenvalue weighted by Gasteiger charge is -2.06. The van der Waals surface area contributed by atoms with E-state index < -0.39 is 24.3 Å². The van der Waals surface area contributed by atoms with Crippen molar-refractivity contribution in [2.75, 3.05) is 11.9 Å². The van der Waals surface area contributed by atoms with Crippen LogP contribution in [0.15, 0.2) is 42.9 Å². The van der Waals surface area contributed by atoms with Gasteiger partial charge < -0.3 is 10.1 Å². The first-order valence-electron chi connectivity index (χ1n) is 5.64. The maximum absolute atomic E-state index is 13.3. The van der Waals surface area contributed by atoms with Gasteiger partial charge in [0.25, 0.3) is 5.91 Å². The molecule has 1 heterocycles. The minimum absolute atomic E-state index is 0.00816. The highest BCUT2D eigenvalue weighted by atomic mass is 19.1. The lowest BCUT2D eigenvalue weighted by Crippen LogP contribution is -2.21. The van der Waals surface area contributed by atoms with Crippen LogP contribution in [-0.4, -0.2) is 28.5 Å². The molecule has 0 aliphatic heterocycles. The summed E-state index contributed by atoms with van der Waals surface area (Å²) in [5, 5.41) is 2.29. The Hall–Kier alpha value is -2.83. The van der Waals surface area contributed by atoms with Crippen molar-refractivity contribution in [1.29, 1.82) is 0 Å². The second-order valence-electron chi connectivity index (χ2n) is 3.69. The number of benzene rings is 1. The van der Waals surface area contributed by atoms with E-state index in [-0.39, 0.29) is 11.4 Å². The van der Waals surface area contributed by atoms with Crippen LogP contribution in [0.4, 0.5) is 10.1 Å². The highest BCUT2D eigenvalue weighted by molar-refractivity contribution is 5.94. The molecule has 0 bridgehead atoms. The Balaban J connectivity index is 1.87. The quantitative estimate of drug-likeness (QED) is 0.853. The van der Waals surface area contributed by atoms with Crippen molar-refractivity contribution in [2.45, 2.75) is 0 Å². The molecule has 0 aliphatic carbocycles. The molecule has 1 aromatic heterocycles. The van der Waals surface area contributed by atoms with E-state index in [4.69, 9.17) is 4.74 Å². The molecule has 1 aromatic carbocycles. The predicted octanol–water partition coefficient (Wildman–Crippen LogP) is 1.41. The molecular formula is C13H10FN3O3. The molecule has 2 rings (SSSR count). The van der Waals surface area contributed by atoms with Gasteiger partial charge in [-0.2, -0.15) is 0 Å². The highest BCUT2D eigenvalue weighted by Gasteiger charge is 2.12. The number of aromatic nitrogens is 2. The molecular weight excluding hydrogens is 265 g/mol. The number of hydrogen-bond donors (Lipinski definition) is 1. The summed E-state index contributed by atoms with van der Waals surface area (Å²) in [4.78, 5) is 30.4. The SMILES string of the molecule is O=C(COC(=O)c1cnccn1)Nc1ccccc1F. The number of halogens is 1. The van der Waals surface area contributed by atoms with E-state index in [0.717, 1.165) is 0 Å². The van der Waals surface area contributed by atoms with Gasteiger partial charge in [-0.25, -0.2) is 14.2 Å². The van der Waals surface area contributed by atoms with E-state index in [2.05, 4.69) is 15.3 Å². The van der Waals surface area contributed by atoms with Gasteiger partial charge in [0.1, 0.15) is 5.82 Å². The van der Waals surface area contributed by atoms with Crippen LogP contribution in [0.5, 0.6) is 0 Å². The van der Waals surface area contributed by atoms with Crippen LogP contribution in [0.2, 0.25) is 0 Å². The van der Waals surface area contributed by atoms with E-state index in [0.29, 0.717) is 0 Å². The minimum Gasteiger partial charge on any atom is -0.451 e. The first kappa shape index (κ1) is 13.6. The number of ether oxygens (including phenoxy) is 1. The summed E-state index contributed by atoms with van der Waals surface area (Å²) < 4.78 is 18.0. The van der Waals surface area contributed by atoms with Gasteiger partial charge in [-0.15, -0.1) is 0 Å². The summed E-state index contributed by atoms with van der Waals surface area (Å²) in [5.41, 5.74) is 0.0132. The zero-order chi connectivity index (χ0) is 14.4. The first-order valence-corrected chi connectivity index (χ1v) is 5.64. The van der Waals surface area contributed by atoms with Gasteiger partial charge in [0.05, 0.1) is 11.9 Å². The normalized spacial score (nSPS) is 9.85. The van der Waals surface area contributed by atoms with Crippen LogP contribution < -0.4 is 5.32 Å². The van der Waals surface area contributed by atoms with E-state index in [1.807, 2.05) is 0 Å². The average Bonchev–Trinajstić information content (AvgIpc) is 2.48. The van der Waals surface area contributed by atoms with Crippen molar-refractivity contribution in [2.24, 2.45) is 0 Å².